The van der Waals surface area contributed by atoms with Crippen molar-refractivity contribution in [2.24, 2.45) is 5.92 Å². The van der Waals surface area contributed by atoms with Crippen LogP contribution in [-0.2, 0) is 11.2 Å². The molecule has 0 saturated carbocycles. The maximum Gasteiger partial charge on any atom is 0.251 e. The molecule has 5 nitrogen and oxygen atoms in total. The first-order valence-electron chi connectivity index (χ1n) is 8.95. The number of rotatable bonds is 5. The summed E-state index contributed by atoms with van der Waals surface area (Å²) >= 11 is 3.47. The average Bonchev–Trinajstić information content (AvgIpc) is 3.08. The van der Waals surface area contributed by atoms with Gasteiger partial charge in [-0.15, -0.1) is 0 Å². The Balaban J connectivity index is 1.77. The van der Waals surface area contributed by atoms with Crippen molar-refractivity contribution in [1.29, 1.82) is 0 Å². The fourth-order valence-electron chi connectivity index (χ4n) is 3.25. The molecule has 0 radical (unpaired) electrons. The normalized spacial score (nSPS) is 14.0. The van der Waals surface area contributed by atoms with Crippen LogP contribution in [0.25, 0.3) is 0 Å². The van der Waals surface area contributed by atoms with Crippen molar-refractivity contribution in [3.63, 3.8) is 0 Å². The van der Waals surface area contributed by atoms with E-state index in [0.29, 0.717) is 17.9 Å². The zero-order valence-corrected chi connectivity index (χ0v) is 17.2. The third-order valence-electron chi connectivity index (χ3n) is 4.77. The second kappa shape index (κ2) is 8.13. The number of amides is 2. The van der Waals surface area contributed by atoms with Crippen molar-refractivity contribution in [3.05, 3.63) is 58.1 Å². The van der Waals surface area contributed by atoms with Gasteiger partial charge in [-0.3, -0.25) is 9.59 Å². The van der Waals surface area contributed by atoms with Crippen molar-refractivity contribution in [2.75, 3.05) is 18.6 Å². The van der Waals surface area contributed by atoms with Crippen molar-refractivity contribution in [3.8, 4) is 5.75 Å². The summed E-state index contributed by atoms with van der Waals surface area (Å²) in [6.07, 6.45) is 0.817. The summed E-state index contributed by atoms with van der Waals surface area (Å²) in [5, 5.41) is 2.91. The number of carbonyl (C=O) groups excluding carboxylic acids is 2. The number of halogens is 1. The number of nitrogens with one attached hydrogen (secondary N) is 1. The van der Waals surface area contributed by atoms with Gasteiger partial charge in [0.15, 0.2) is 0 Å². The van der Waals surface area contributed by atoms with Gasteiger partial charge in [0.05, 0.1) is 7.11 Å². The Hall–Kier alpha value is -2.34. The topological polar surface area (TPSA) is 58.6 Å². The van der Waals surface area contributed by atoms with E-state index in [-0.39, 0.29) is 17.7 Å². The molecular formula is C21H23BrN2O3. The number of fused-ring (bicyclic) bond motifs is 1. The molecule has 0 aromatic heterocycles. The van der Waals surface area contributed by atoms with E-state index in [2.05, 4.69) is 21.2 Å². The Morgan fingerprint density at radius 3 is 2.48 bits per heavy atom. The molecule has 1 N–H and O–H groups in total. The highest BCUT2D eigenvalue weighted by atomic mass is 79.9. The van der Waals surface area contributed by atoms with Crippen LogP contribution in [-0.4, -0.2) is 31.5 Å². The van der Waals surface area contributed by atoms with Crippen molar-refractivity contribution in [2.45, 2.75) is 26.3 Å². The predicted molar refractivity (Wildman–Crippen MR) is 109 cm³/mol. The highest BCUT2D eigenvalue weighted by Gasteiger charge is 2.33. The fourth-order valence-corrected chi connectivity index (χ4v) is 3.66. The second-order valence-corrected chi connectivity index (χ2v) is 7.85. The molecule has 27 heavy (non-hydrogen) atoms. The van der Waals surface area contributed by atoms with Gasteiger partial charge in [-0.25, -0.2) is 0 Å². The number of methoxy groups -OCH3 is 1. The van der Waals surface area contributed by atoms with Gasteiger partial charge < -0.3 is 15.0 Å². The van der Waals surface area contributed by atoms with E-state index in [1.165, 1.54) is 0 Å². The summed E-state index contributed by atoms with van der Waals surface area (Å²) in [5.41, 5.74) is 2.56. The minimum atomic E-state index is -0.589. The third-order valence-corrected chi connectivity index (χ3v) is 5.27. The zero-order chi connectivity index (χ0) is 19.6. The van der Waals surface area contributed by atoms with Crippen molar-refractivity contribution < 1.29 is 14.3 Å². The molecule has 0 saturated heterocycles. The van der Waals surface area contributed by atoms with E-state index in [1.807, 2.05) is 32.0 Å². The lowest BCUT2D eigenvalue weighted by molar-refractivity contribution is -0.121. The SMILES string of the molecule is COc1ccc(C(=O)NC(C(=O)N2CCc3cc(Br)ccc32)C(C)C)cc1. The Labute approximate surface area is 167 Å². The molecule has 2 aromatic rings. The van der Waals surface area contributed by atoms with E-state index in [0.717, 1.165) is 22.1 Å². The highest BCUT2D eigenvalue weighted by Crippen LogP contribution is 2.31. The fraction of sp³-hybridized carbons (Fsp3) is 0.333. The Morgan fingerprint density at radius 2 is 1.85 bits per heavy atom. The molecule has 0 bridgehead atoms. The van der Waals surface area contributed by atoms with Gasteiger partial charge >= 0.3 is 0 Å². The second-order valence-electron chi connectivity index (χ2n) is 6.94. The molecule has 0 fully saturated rings. The van der Waals surface area contributed by atoms with Gasteiger partial charge in [0, 0.05) is 22.3 Å². The number of nitrogens with zero attached hydrogens (tertiary/aromatic N) is 1. The molecule has 6 heteroatoms. The van der Waals surface area contributed by atoms with Gasteiger partial charge in [0.1, 0.15) is 11.8 Å². The van der Waals surface area contributed by atoms with Gasteiger partial charge in [-0.1, -0.05) is 29.8 Å². The van der Waals surface area contributed by atoms with Gasteiger partial charge in [-0.05, 0) is 60.4 Å². The van der Waals surface area contributed by atoms with Crippen LogP contribution in [0, 0.1) is 5.92 Å². The monoisotopic (exact) mass is 430 g/mol. The number of hydrogen-bond acceptors (Lipinski definition) is 3. The van der Waals surface area contributed by atoms with Crippen molar-refractivity contribution in [1.82, 2.24) is 5.32 Å². The average molecular weight is 431 g/mol. The van der Waals surface area contributed by atoms with Crippen LogP contribution >= 0.6 is 15.9 Å². The van der Waals surface area contributed by atoms with Crippen LogP contribution in [0.5, 0.6) is 5.75 Å². The minimum Gasteiger partial charge on any atom is -0.497 e. The summed E-state index contributed by atoms with van der Waals surface area (Å²) < 4.78 is 6.12. The first-order chi connectivity index (χ1) is 12.9. The number of carbonyl (C=O) groups is 2. The number of hydrogen-bond donors (Lipinski definition) is 1. The first-order valence-corrected chi connectivity index (χ1v) is 9.74. The first kappa shape index (κ1) is 19.4. The van der Waals surface area contributed by atoms with Crippen LogP contribution in [0.3, 0.4) is 0 Å². The van der Waals surface area contributed by atoms with E-state index in [1.54, 1.807) is 36.3 Å². The lowest BCUT2D eigenvalue weighted by Gasteiger charge is -2.27. The maximum atomic E-state index is 13.2. The van der Waals surface area contributed by atoms with Crippen LogP contribution in [0.15, 0.2) is 46.9 Å². The quantitative estimate of drug-likeness (QED) is 0.784. The summed E-state index contributed by atoms with van der Waals surface area (Å²) in [5.74, 6) is 0.315. The standard InChI is InChI=1S/C21H23BrN2O3/c1-13(2)19(23-20(25)14-4-7-17(27-3)8-5-14)21(26)24-11-10-15-12-16(22)6-9-18(15)24/h4-9,12-13,19H,10-11H2,1-3H3,(H,23,25). The lowest BCUT2D eigenvalue weighted by Crippen LogP contribution is -2.51. The molecule has 1 aliphatic rings. The summed E-state index contributed by atoms with van der Waals surface area (Å²) in [6.45, 7) is 4.51. The molecule has 2 aromatic carbocycles. The Morgan fingerprint density at radius 1 is 1.15 bits per heavy atom. The summed E-state index contributed by atoms with van der Waals surface area (Å²) in [6, 6.07) is 12.2. The molecule has 3 rings (SSSR count). The highest BCUT2D eigenvalue weighted by molar-refractivity contribution is 9.10. The zero-order valence-electron chi connectivity index (χ0n) is 15.7. The van der Waals surface area contributed by atoms with Gasteiger partial charge in [-0.2, -0.15) is 0 Å². The number of ether oxygens (including phenoxy) is 1. The largest absolute Gasteiger partial charge is 0.497 e. The van der Waals surface area contributed by atoms with Crippen LogP contribution in [0.2, 0.25) is 0 Å². The summed E-state index contributed by atoms with van der Waals surface area (Å²) in [7, 11) is 1.58. The molecule has 2 amide bonds. The molecule has 1 atom stereocenters. The third kappa shape index (κ3) is 4.16. The smallest absolute Gasteiger partial charge is 0.251 e. The number of benzene rings is 2. The van der Waals surface area contributed by atoms with E-state index in [9.17, 15) is 9.59 Å². The molecule has 0 aliphatic carbocycles. The molecular weight excluding hydrogens is 408 g/mol. The van der Waals surface area contributed by atoms with Crippen LogP contribution in [0.1, 0.15) is 29.8 Å². The lowest BCUT2D eigenvalue weighted by atomic mass is 10.0. The molecule has 1 heterocycles. The maximum absolute atomic E-state index is 13.2. The van der Waals surface area contributed by atoms with Gasteiger partial charge in [0.25, 0.3) is 5.91 Å². The van der Waals surface area contributed by atoms with E-state index < -0.39 is 6.04 Å². The molecule has 1 aliphatic heterocycles. The van der Waals surface area contributed by atoms with E-state index in [4.69, 9.17) is 4.74 Å². The molecule has 142 valence electrons. The van der Waals surface area contributed by atoms with Crippen molar-refractivity contribution >= 4 is 33.4 Å². The van der Waals surface area contributed by atoms with E-state index >= 15 is 0 Å². The Kier molecular flexibility index (Phi) is 5.85. The molecule has 0 spiro atoms. The molecule has 1 unspecified atom stereocenters. The van der Waals surface area contributed by atoms with Crippen LogP contribution in [0.4, 0.5) is 5.69 Å². The number of anilines is 1. The summed E-state index contributed by atoms with van der Waals surface area (Å²) in [4.78, 5) is 27.6. The Bertz CT molecular complexity index is 849. The predicted octanol–water partition coefficient (Wildman–Crippen LogP) is 3.80. The van der Waals surface area contributed by atoms with Crippen LogP contribution < -0.4 is 15.0 Å². The van der Waals surface area contributed by atoms with Gasteiger partial charge in [0.2, 0.25) is 5.91 Å². The minimum absolute atomic E-state index is 0.0285.